The van der Waals surface area contributed by atoms with Gasteiger partial charge in [-0.15, -0.1) is 0 Å². The minimum Gasteiger partial charge on any atom is -0.392 e. The number of halogens is 3. The third-order valence-electron chi connectivity index (χ3n) is 10.5. The summed E-state index contributed by atoms with van der Waals surface area (Å²) in [7, 11) is 0. The summed E-state index contributed by atoms with van der Waals surface area (Å²) in [4.78, 5) is 28.3. The smallest absolute Gasteiger partial charge is 0.392 e. The van der Waals surface area contributed by atoms with Gasteiger partial charge in [0.15, 0.2) is 6.29 Å². The van der Waals surface area contributed by atoms with Gasteiger partial charge in [0.2, 0.25) is 5.91 Å². The second-order valence-electron chi connectivity index (χ2n) is 15.2. The first-order valence-electron chi connectivity index (χ1n) is 16.7. The molecule has 6 rings (SSSR count). The number of alkyl halides is 3. The first-order valence-corrected chi connectivity index (χ1v) is 16.7. The molecule has 4 aliphatic rings. The molecule has 8 nitrogen and oxygen atoms in total. The highest BCUT2D eigenvalue weighted by Gasteiger charge is 2.51. The molecule has 1 saturated carbocycles. The summed E-state index contributed by atoms with van der Waals surface area (Å²) < 4.78 is 52.8. The first-order chi connectivity index (χ1) is 22.1. The third kappa shape index (κ3) is 7.23. The molecular weight excluding hydrogens is 611 g/mol. The fourth-order valence-electron chi connectivity index (χ4n) is 8.78. The molecule has 2 amide bonds. The SMILES string of the molecule is C[C@@H]1[C@H](CN2CC3(C)CC2CC(C)(C)C3)O[C@H](c2cccc(NC(=O)[C@@H]3CCCN3C(=O)C(F)(F)F)c2)O[C@@H]1c1ccc(CO)cc1. The molecule has 2 unspecified atom stereocenters. The number of hydrogen-bond donors (Lipinski definition) is 2. The molecule has 3 saturated heterocycles. The molecule has 256 valence electrons. The minimum absolute atomic E-state index is 0.00917. The Bertz CT molecular complexity index is 1470. The van der Waals surface area contributed by atoms with Crippen molar-refractivity contribution in [1.82, 2.24) is 9.80 Å². The number of rotatable bonds is 7. The van der Waals surface area contributed by atoms with Crippen molar-refractivity contribution < 1.29 is 37.3 Å². The zero-order valence-corrected chi connectivity index (χ0v) is 27.6. The lowest BCUT2D eigenvalue weighted by Gasteiger charge is -2.43. The van der Waals surface area contributed by atoms with Crippen LogP contribution in [0.15, 0.2) is 48.5 Å². The zero-order valence-electron chi connectivity index (χ0n) is 27.6. The van der Waals surface area contributed by atoms with Crippen molar-refractivity contribution in [3.05, 3.63) is 65.2 Å². The Labute approximate surface area is 274 Å². The van der Waals surface area contributed by atoms with Crippen LogP contribution < -0.4 is 5.32 Å². The Hall–Kier alpha value is -2.99. The fraction of sp³-hybridized carbons (Fsp3) is 0.611. The second kappa shape index (κ2) is 12.8. The Balaban J connectivity index is 1.23. The number of nitrogens with zero attached hydrogens (tertiary/aromatic N) is 2. The molecular formula is C36H46F3N3O5. The van der Waals surface area contributed by atoms with E-state index in [1.807, 2.05) is 30.3 Å². The maximum atomic E-state index is 13.2. The van der Waals surface area contributed by atoms with Crippen molar-refractivity contribution in [2.24, 2.45) is 16.7 Å². The quantitative estimate of drug-likeness (QED) is 0.360. The number of benzene rings is 2. The van der Waals surface area contributed by atoms with Gasteiger partial charge in [0.25, 0.3) is 0 Å². The average molecular weight is 658 g/mol. The summed E-state index contributed by atoms with van der Waals surface area (Å²) in [6.07, 6.45) is -2.28. The highest BCUT2D eigenvalue weighted by atomic mass is 19.4. The Morgan fingerprint density at radius 3 is 2.49 bits per heavy atom. The van der Waals surface area contributed by atoms with E-state index in [1.54, 1.807) is 18.2 Å². The summed E-state index contributed by atoms with van der Waals surface area (Å²) in [5.74, 6) is -2.65. The van der Waals surface area contributed by atoms with E-state index in [1.165, 1.54) is 12.8 Å². The van der Waals surface area contributed by atoms with E-state index in [9.17, 15) is 27.9 Å². The Kier molecular flexibility index (Phi) is 9.23. The van der Waals surface area contributed by atoms with E-state index in [2.05, 4.69) is 37.9 Å². The summed E-state index contributed by atoms with van der Waals surface area (Å²) in [6, 6.07) is 14.0. The molecule has 0 aromatic heterocycles. The van der Waals surface area contributed by atoms with Crippen LogP contribution in [0.4, 0.5) is 18.9 Å². The number of ether oxygens (including phenoxy) is 2. The van der Waals surface area contributed by atoms with Crippen LogP contribution in [0, 0.1) is 16.7 Å². The average Bonchev–Trinajstić information content (AvgIpc) is 3.59. The van der Waals surface area contributed by atoms with Gasteiger partial charge in [-0.05, 0) is 66.2 Å². The van der Waals surface area contributed by atoms with Gasteiger partial charge in [0.05, 0.1) is 18.8 Å². The molecule has 1 aliphatic carbocycles. The topological polar surface area (TPSA) is 91.3 Å². The van der Waals surface area contributed by atoms with Crippen LogP contribution in [-0.4, -0.2) is 70.7 Å². The van der Waals surface area contributed by atoms with Crippen molar-refractivity contribution in [2.75, 3.05) is 25.0 Å². The number of likely N-dealkylation sites (tertiary alicyclic amines) is 2. The molecule has 0 spiro atoms. The van der Waals surface area contributed by atoms with Crippen LogP contribution >= 0.6 is 0 Å². The standard InChI is InChI=1S/C36H46F3N3O5/c1-22-29(18-41-21-35(4)17-27(41)16-34(2,3)20-35)46-32(47-30(22)24-12-10-23(19-43)11-13-24)25-7-5-8-26(15-25)40-31(44)28-9-6-14-42(28)33(45)36(37,38)39/h5,7-8,10-13,15,22,27-30,32,43H,6,9,14,16-21H2,1-4H3,(H,40,44)/t22-,27?,28+,29+,30+,32+,35?/m1/s1. The van der Waals surface area contributed by atoms with E-state index in [-0.39, 0.29) is 48.5 Å². The molecule has 47 heavy (non-hydrogen) atoms. The van der Waals surface area contributed by atoms with E-state index >= 15 is 0 Å². The predicted molar refractivity (Wildman–Crippen MR) is 170 cm³/mol. The number of anilines is 1. The van der Waals surface area contributed by atoms with Crippen LogP contribution in [0.1, 0.15) is 88.9 Å². The van der Waals surface area contributed by atoms with Gasteiger partial charge in [0.1, 0.15) is 6.04 Å². The van der Waals surface area contributed by atoms with Gasteiger partial charge in [-0.1, -0.05) is 64.1 Å². The number of nitrogens with one attached hydrogen (secondary N) is 1. The summed E-state index contributed by atoms with van der Waals surface area (Å²) in [5.41, 5.74) is 3.39. The number of fused-ring (bicyclic) bond motifs is 2. The van der Waals surface area contributed by atoms with Crippen LogP contribution in [0.3, 0.4) is 0 Å². The molecule has 2 aromatic rings. The van der Waals surface area contributed by atoms with E-state index in [0.717, 1.165) is 30.6 Å². The number of carbonyl (C=O) groups excluding carboxylic acids is 2. The van der Waals surface area contributed by atoms with E-state index < -0.39 is 30.3 Å². The molecule has 11 heteroatoms. The summed E-state index contributed by atoms with van der Waals surface area (Å²) in [6.45, 7) is 10.9. The van der Waals surface area contributed by atoms with Gasteiger partial charge >= 0.3 is 12.1 Å². The second-order valence-corrected chi connectivity index (χ2v) is 15.2. The van der Waals surface area contributed by atoms with Gasteiger partial charge in [0, 0.05) is 42.8 Å². The lowest BCUT2D eigenvalue weighted by molar-refractivity contribution is -0.276. The van der Waals surface area contributed by atoms with Gasteiger partial charge in [-0.3, -0.25) is 14.5 Å². The van der Waals surface area contributed by atoms with E-state index in [0.29, 0.717) is 28.6 Å². The van der Waals surface area contributed by atoms with Crippen molar-refractivity contribution >= 4 is 17.5 Å². The van der Waals surface area contributed by atoms with Crippen molar-refractivity contribution in [2.45, 2.75) is 103 Å². The highest BCUT2D eigenvalue weighted by molar-refractivity contribution is 5.98. The number of carbonyl (C=O) groups is 2. The molecule has 3 heterocycles. The molecule has 3 aliphatic heterocycles. The highest BCUT2D eigenvalue weighted by Crippen LogP contribution is 2.53. The third-order valence-corrected chi connectivity index (χ3v) is 10.5. The normalized spacial score (nSPS) is 32.4. The van der Waals surface area contributed by atoms with Gasteiger partial charge in [-0.25, -0.2) is 0 Å². The van der Waals surface area contributed by atoms with Gasteiger partial charge in [-0.2, -0.15) is 13.2 Å². The number of aliphatic hydroxyl groups is 1. The Morgan fingerprint density at radius 1 is 1.04 bits per heavy atom. The molecule has 2 N–H and O–H groups in total. The van der Waals surface area contributed by atoms with Crippen LogP contribution in [-0.2, 0) is 25.7 Å². The van der Waals surface area contributed by atoms with Crippen molar-refractivity contribution in [3.8, 4) is 0 Å². The number of amides is 2. The lowest BCUT2D eigenvalue weighted by Crippen LogP contribution is -2.48. The predicted octanol–water partition coefficient (Wildman–Crippen LogP) is 6.36. The number of aliphatic hydroxyl groups excluding tert-OH is 1. The van der Waals surface area contributed by atoms with Crippen LogP contribution in [0.5, 0.6) is 0 Å². The molecule has 0 radical (unpaired) electrons. The van der Waals surface area contributed by atoms with Crippen molar-refractivity contribution in [3.63, 3.8) is 0 Å². The molecule has 2 bridgehead atoms. The molecule has 2 aromatic carbocycles. The van der Waals surface area contributed by atoms with Crippen LogP contribution in [0.2, 0.25) is 0 Å². The van der Waals surface area contributed by atoms with Crippen LogP contribution in [0.25, 0.3) is 0 Å². The largest absolute Gasteiger partial charge is 0.471 e. The maximum Gasteiger partial charge on any atom is 0.471 e. The lowest BCUT2D eigenvalue weighted by atomic mass is 9.65. The zero-order chi connectivity index (χ0) is 33.7. The maximum absolute atomic E-state index is 13.2. The summed E-state index contributed by atoms with van der Waals surface area (Å²) >= 11 is 0. The fourth-order valence-corrected chi connectivity index (χ4v) is 8.78. The summed E-state index contributed by atoms with van der Waals surface area (Å²) in [5, 5.41) is 12.3. The van der Waals surface area contributed by atoms with Crippen molar-refractivity contribution in [1.29, 1.82) is 0 Å². The van der Waals surface area contributed by atoms with Gasteiger partial charge < -0.3 is 24.8 Å². The van der Waals surface area contributed by atoms with E-state index in [4.69, 9.17) is 9.47 Å². The molecule has 7 atom stereocenters. The number of hydrogen-bond acceptors (Lipinski definition) is 6. The monoisotopic (exact) mass is 657 g/mol. The minimum atomic E-state index is -5.04. The molecule has 4 fully saturated rings. The Morgan fingerprint density at radius 2 is 1.79 bits per heavy atom. The first kappa shape index (κ1) is 33.9.